The Hall–Kier alpha value is -3.05. The Balaban J connectivity index is 1.91. The van der Waals surface area contributed by atoms with Crippen molar-refractivity contribution in [2.45, 2.75) is 50.8 Å². The number of aryl methyl sites for hydroxylation is 1. The first-order chi connectivity index (χ1) is 16.5. The first-order valence-corrected chi connectivity index (χ1v) is 13.7. The number of nitrogens with zero attached hydrogens (tertiary/aromatic N) is 2. The molecule has 1 amide bonds. The van der Waals surface area contributed by atoms with Crippen LogP contribution in [-0.4, -0.2) is 35.4 Å². The second kappa shape index (κ2) is 11.1. The molecule has 0 radical (unpaired) electrons. The lowest BCUT2D eigenvalue weighted by atomic mass is 10.0. The lowest BCUT2D eigenvalue weighted by Crippen LogP contribution is -2.31. The number of benzene rings is 1. The van der Waals surface area contributed by atoms with Crippen molar-refractivity contribution in [3.05, 3.63) is 57.5 Å². The Morgan fingerprint density at radius 3 is 2.49 bits per heavy atom. The molecule has 0 atom stereocenters. The number of imidazole rings is 1. The quantitative estimate of drug-likeness (QED) is 0.388. The van der Waals surface area contributed by atoms with Gasteiger partial charge in [0.2, 0.25) is 5.88 Å². The zero-order chi connectivity index (χ0) is 25.8. The molecule has 0 spiro atoms. The van der Waals surface area contributed by atoms with Crippen LogP contribution in [0.1, 0.15) is 44.1 Å². The number of thiophene rings is 1. The molecule has 35 heavy (non-hydrogen) atoms. The lowest BCUT2D eigenvalue weighted by molar-refractivity contribution is 0.151. The van der Waals surface area contributed by atoms with Crippen molar-refractivity contribution in [3.63, 3.8) is 0 Å². The summed E-state index contributed by atoms with van der Waals surface area (Å²) in [5.41, 5.74) is 1.57. The molecule has 0 aliphatic carbocycles. The van der Waals surface area contributed by atoms with Crippen LogP contribution in [-0.2, 0) is 34.8 Å². The van der Waals surface area contributed by atoms with Gasteiger partial charge in [0.25, 0.3) is 10.0 Å². The van der Waals surface area contributed by atoms with Gasteiger partial charge in [-0.1, -0.05) is 51.5 Å². The van der Waals surface area contributed by atoms with Gasteiger partial charge < -0.3 is 9.84 Å². The number of carbonyl (C=O) groups is 1. The monoisotopic (exact) mass is 521 g/mol. The van der Waals surface area contributed by atoms with Crippen LogP contribution in [0.25, 0.3) is 11.1 Å². The van der Waals surface area contributed by atoms with Gasteiger partial charge in [-0.25, -0.2) is 22.7 Å². The molecule has 9 nitrogen and oxygen atoms in total. The zero-order valence-electron chi connectivity index (χ0n) is 20.3. The summed E-state index contributed by atoms with van der Waals surface area (Å²) < 4.78 is 35.7. The second-order valence-electron chi connectivity index (χ2n) is 8.77. The SMILES string of the molecule is CCCCOC(=O)NS(=O)(=O)c1sc(CC(C)C)cc1-c1ccc(Cn2c(O)cn(C)c2=O)cc1. The standard InChI is InChI=1S/C24H31N3O6S2/c1-5-6-11-33-23(29)25-35(31,32)22-20(13-19(34-22)12-16(2)3)18-9-7-17(8-10-18)14-27-21(28)15-26(4)24(27)30/h7-10,13,15-16,28H,5-6,11-12,14H2,1-4H3,(H,25,29). The topological polar surface area (TPSA) is 120 Å². The van der Waals surface area contributed by atoms with Crippen molar-refractivity contribution in [2.24, 2.45) is 13.0 Å². The minimum Gasteiger partial charge on any atom is -0.493 e. The Morgan fingerprint density at radius 2 is 1.91 bits per heavy atom. The van der Waals surface area contributed by atoms with E-state index in [4.69, 9.17) is 4.74 Å². The van der Waals surface area contributed by atoms with Crippen LogP contribution in [0.15, 0.2) is 45.5 Å². The van der Waals surface area contributed by atoms with E-state index < -0.39 is 16.1 Å². The summed E-state index contributed by atoms with van der Waals surface area (Å²) in [7, 11) is -2.59. The molecule has 2 heterocycles. The highest BCUT2D eigenvalue weighted by atomic mass is 32.2. The van der Waals surface area contributed by atoms with Crippen LogP contribution in [0.4, 0.5) is 4.79 Å². The van der Waals surface area contributed by atoms with Gasteiger partial charge in [0.15, 0.2) is 0 Å². The molecular formula is C24H31N3O6S2. The Morgan fingerprint density at radius 1 is 1.23 bits per heavy atom. The first-order valence-electron chi connectivity index (χ1n) is 11.4. The molecule has 190 valence electrons. The molecule has 0 aliphatic heterocycles. The van der Waals surface area contributed by atoms with Crippen LogP contribution < -0.4 is 10.4 Å². The van der Waals surface area contributed by atoms with E-state index >= 15 is 0 Å². The zero-order valence-corrected chi connectivity index (χ0v) is 21.9. The molecule has 0 bridgehead atoms. The van der Waals surface area contributed by atoms with Gasteiger partial charge in [-0.3, -0.25) is 9.13 Å². The van der Waals surface area contributed by atoms with Crippen molar-refractivity contribution in [2.75, 3.05) is 6.61 Å². The van der Waals surface area contributed by atoms with Gasteiger partial charge in [0.05, 0.1) is 19.3 Å². The number of unbranched alkanes of at least 4 members (excludes halogenated alkanes) is 1. The van der Waals surface area contributed by atoms with E-state index in [0.29, 0.717) is 29.9 Å². The maximum absolute atomic E-state index is 13.1. The maximum atomic E-state index is 13.1. The number of sulfonamides is 1. The number of aromatic nitrogens is 2. The van der Waals surface area contributed by atoms with Crippen molar-refractivity contribution >= 4 is 27.5 Å². The van der Waals surface area contributed by atoms with Crippen LogP contribution in [0.3, 0.4) is 0 Å². The van der Waals surface area contributed by atoms with Gasteiger partial charge >= 0.3 is 11.8 Å². The van der Waals surface area contributed by atoms with Crippen LogP contribution >= 0.6 is 11.3 Å². The third-order valence-corrected chi connectivity index (χ3v) is 8.28. The number of carbonyl (C=O) groups excluding carboxylic acids is 1. The number of amides is 1. The van der Waals surface area contributed by atoms with E-state index in [1.807, 2.05) is 31.6 Å². The Labute approximate surface area is 209 Å². The molecule has 3 aromatic rings. The molecule has 2 N–H and O–H groups in total. The Kier molecular flexibility index (Phi) is 8.44. The number of aromatic hydroxyl groups is 1. The molecule has 1 aromatic carbocycles. The molecule has 3 rings (SSSR count). The van der Waals surface area contributed by atoms with Gasteiger partial charge in [-0.2, -0.15) is 0 Å². The normalized spacial score (nSPS) is 11.7. The number of hydrogen-bond acceptors (Lipinski definition) is 7. The second-order valence-corrected chi connectivity index (χ2v) is 11.8. The summed E-state index contributed by atoms with van der Waals surface area (Å²) in [4.78, 5) is 25.1. The number of nitrogens with one attached hydrogen (secondary N) is 1. The lowest BCUT2D eigenvalue weighted by Gasteiger charge is -2.09. The first kappa shape index (κ1) is 26.6. The van der Waals surface area contributed by atoms with Crippen LogP contribution in [0, 0.1) is 5.92 Å². The average molecular weight is 522 g/mol. The van der Waals surface area contributed by atoms with Crippen molar-refractivity contribution in [1.29, 1.82) is 0 Å². The molecule has 11 heteroatoms. The van der Waals surface area contributed by atoms with Crippen molar-refractivity contribution < 1.29 is 23.1 Å². The summed E-state index contributed by atoms with van der Waals surface area (Å²) in [6.45, 7) is 6.36. The fourth-order valence-corrected chi connectivity index (χ4v) is 6.37. The van der Waals surface area contributed by atoms with Gasteiger partial charge in [-0.15, -0.1) is 11.3 Å². The third-order valence-electron chi connectivity index (χ3n) is 5.28. The molecule has 0 saturated carbocycles. The maximum Gasteiger partial charge on any atom is 0.421 e. The van der Waals surface area contributed by atoms with E-state index in [9.17, 15) is 23.1 Å². The highest BCUT2D eigenvalue weighted by molar-refractivity contribution is 7.92. The third kappa shape index (κ3) is 6.55. The highest BCUT2D eigenvalue weighted by Crippen LogP contribution is 2.36. The predicted octanol–water partition coefficient (Wildman–Crippen LogP) is 4.08. The highest BCUT2D eigenvalue weighted by Gasteiger charge is 2.26. The number of rotatable bonds is 10. The summed E-state index contributed by atoms with van der Waals surface area (Å²) in [5, 5.41) is 9.98. The fraction of sp³-hybridized carbons (Fsp3) is 0.417. The van der Waals surface area contributed by atoms with E-state index in [2.05, 4.69) is 0 Å². The summed E-state index contributed by atoms with van der Waals surface area (Å²) in [5.74, 6) is 0.186. The molecule has 2 aromatic heterocycles. The summed E-state index contributed by atoms with van der Waals surface area (Å²) >= 11 is 1.13. The molecule has 0 unspecified atom stereocenters. The smallest absolute Gasteiger partial charge is 0.421 e. The summed E-state index contributed by atoms with van der Waals surface area (Å²) in [6.07, 6.45) is 2.52. The Bertz CT molecular complexity index is 1330. The van der Waals surface area contributed by atoms with Crippen LogP contribution in [0.5, 0.6) is 5.88 Å². The predicted molar refractivity (Wildman–Crippen MR) is 135 cm³/mol. The van der Waals surface area contributed by atoms with E-state index in [1.54, 1.807) is 31.3 Å². The van der Waals surface area contributed by atoms with Crippen LogP contribution in [0.2, 0.25) is 0 Å². The van der Waals surface area contributed by atoms with Crippen molar-refractivity contribution in [3.8, 4) is 17.0 Å². The molecule has 0 aliphatic rings. The largest absolute Gasteiger partial charge is 0.493 e. The molecular weight excluding hydrogens is 490 g/mol. The van der Waals surface area contributed by atoms with Gasteiger partial charge in [-0.05, 0) is 36.0 Å². The number of ether oxygens (including phenoxy) is 1. The molecule has 0 fully saturated rings. The van der Waals surface area contributed by atoms with E-state index in [1.165, 1.54) is 15.3 Å². The van der Waals surface area contributed by atoms with Gasteiger partial charge in [0, 0.05) is 17.5 Å². The minimum atomic E-state index is -4.14. The molecule has 0 saturated heterocycles. The van der Waals surface area contributed by atoms with Crippen molar-refractivity contribution in [1.82, 2.24) is 13.9 Å². The van der Waals surface area contributed by atoms with E-state index in [-0.39, 0.29) is 28.9 Å². The number of hydrogen-bond donors (Lipinski definition) is 2. The average Bonchev–Trinajstić information content (AvgIpc) is 3.30. The van der Waals surface area contributed by atoms with Gasteiger partial charge in [0.1, 0.15) is 4.21 Å². The minimum absolute atomic E-state index is 0.0465. The summed E-state index contributed by atoms with van der Waals surface area (Å²) in [6, 6.07) is 8.91. The van der Waals surface area contributed by atoms with E-state index in [0.717, 1.165) is 28.2 Å². The fourth-order valence-electron chi connectivity index (χ4n) is 3.53.